The molecule has 9 nitrogen and oxygen atoms in total. The fraction of sp³-hybridized carbons (Fsp3) is 0.472. The van der Waals surface area contributed by atoms with Crippen molar-refractivity contribution in [3.8, 4) is 11.1 Å². The van der Waals surface area contributed by atoms with Gasteiger partial charge in [0, 0.05) is 37.3 Å². The lowest BCUT2D eigenvalue weighted by molar-refractivity contribution is -0.145. The number of alkyl halides is 6. The summed E-state index contributed by atoms with van der Waals surface area (Å²) < 4.78 is 87.6. The molecule has 4 aromatic rings. The van der Waals surface area contributed by atoms with Gasteiger partial charge in [0.05, 0.1) is 30.5 Å². The van der Waals surface area contributed by atoms with Crippen molar-refractivity contribution in [3.05, 3.63) is 88.7 Å². The van der Waals surface area contributed by atoms with E-state index >= 15 is 0 Å². The standard InChI is InChI=1S/C36H41F6N7O2/c1-4-51-32(50)16-24-10-12-25(13-11-24)19-43-23(2)33-29(17-28(20-44-33)27-8-6-5-7-9-27)22-49(34-45-47-48(3)46-34)21-26-14-30(35(37,38)39)18-31(15-26)36(40,41)42/h5-9,14-15,17-18,20,23-25,43H,4,10-13,16,19,21-22H2,1-3H3. The number of aryl methyl sites for hydroxylation is 1. The Bertz CT molecular complexity index is 1720. The smallest absolute Gasteiger partial charge is 0.416 e. The summed E-state index contributed by atoms with van der Waals surface area (Å²) in [7, 11) is 1.51. The van der Waals surface area contributed by atoms with Crippen LogP contribution in [0.25, 0.3) is 11.1 Å². The summed E-state index contributed by atoms with van der Waals surface area (Å²) in [5.41, 5.74) is -0.00411. The molecule has 1 aliphatic carbocycles. The third-order valence-corrected chi connectivity index (χ3v) is 9.12. The molecule has 1 atom stereocenters. The van der Waals surface area contributed by atoms with Gasteiger partial charge in [-0.1, -0.05) is 35.4 Å². The number of anilines is 1. The maximum absolute atomic E-state index is 13.7. The molecule has 0 bridgehead atoms. The highest BCUT2D eigenvalue weighted by atomic mass is 19.4. The highest BCUT2D eigenvalue weighted by Crippen LogP contribution is 2.37. The molecule has 2 aromatic heterocycles. The normalized spacial score (nSPS) is 17.3. The number of rotatable bonds is 13. The van der Waals surface area contributed by atoms with Crippen LogP contribution in [0.4, 0.5) is 32.3 Å². The van der Waals surface area contributed by atoms with Gasteiger partial charge in [-0.2, -0.15) is 31.1 Å². The Labute approximate surface area is 292 Å². The molecule has 51 heavy (non-hydrogen) atoms. The van der Waals surface area contributed by atoms with E-state index in [-0.39, 0.29) is 42.7 Å². The third-order valence-electron chi connectivity index (χ3n) is 9.12. The first-order valence-corrected chi connectivity index (χ1v) is 16.9. The SMILES string of the molecule is CCOC(=O)CC1CCC(CNC(C)c2ncc(-c3ccccc3)cc2CN(Cc2cc(C(F)(F)F)cc(C(F)(F)F)c2)c2nnn(C)n2)CC1. The molecule has 274 valence electrons. The predicted octanol–water partition coefficient (Wildman–Crippen LogP) is 7.93. The molecule has 2 heterocycles. The molecule has 2 aromatic carbocycles. The van der Waals surface area contributed by atoms with Crippen LogP contribution in [0, 0.1) is 11.8 Å². The second-order valence-corrected chi connectivity index (χ2v) is 13.0. The summed E-state index contributed by atoms with van der Waals surface area (Å²) in [6.45, 7) is 4.48. The van der Waals surface area contributed by atoms with E-state index in [2.05, 4.69) is 20.7 Å². The first kappa shape index (κ1) is 37.7. The molecule has 1 N–H and O–H groups in total. The molecule has 0 saturated heterocycles. The quantitative estimate of drug-likeness (QED) is 0.110. The van der Waals surface area contributed by atoms with Gasteiger partial charge in [0.25, 0.3) is 5.95 Å². The Morgan fingerprint density at radius 2 is 1.59 bits per heavy atom. The van der Waals surface area contributed by atoms with Gasteiger partial charge in [-0.3, -0.25) is 9.78 Å². The van der Waals surface area contributed by atoms with Crippen molar-refractivity contribution in [2.45, 2.75) is 77.4 Å². The van der Waals surface area contributed by atoms with E-state index in [9.17, 15) is 31.1 Å². The van der Waals surface area contributed by atoms with Crippen LogP contribution in [0.2, 0.25) is 0 Å². The first-order chi connectivity index (χ1) is 24.2. The van der Waals surface area contributed by atoms with Crippen LogP contribution in [0.1, 0.15) is 79.9 Å². The third kappa shape index (κ3) is 10.3. The largest absolute Gasteiger partial charge is 0.466 e. The summed E-state index contributed by atoms with van der Waals surface area (Å²) in [4.78, 5) is 19.4. The van der Waals surface area contributed by atoms with Gasteiger partial charge in [0.1, 0.15) is 0 Å². The topological polar surface area (TPSA) is 98.1 Å². The van der Waals surface area contributed by atoms with E-state index in [1.165, 1.54) is 16.7 Å². The number of halogens is 6. The molecule has 1 saturated carbocycles. The number of nitrogens with one attached hydrogen (secondary N) is 1. The molecule has 1 aliphatic rings. The number of benzene rings is 2. The Kier molecular flexibility index (Phi) is 12.0. The Hall–Kier alpha value is -4.53. The minimum Gasteiger partial charge on any atom is -0.466 e. The number of carbonyl (C=O) groups excluding carboxylic acids is 1. The number of pyridine rings is 1. The molecule has 0 aliphatic heterocycles. The van der Waals surface area contributed by atoms with E-state index in [4.69, 9.17) is 9.72 Å². The van der Waals surface area contributed by atoms with Crippen LogP contribution < -0.4 is 10.2 Å². The van der Waals surface area contributed by atoms with E-state index in [1.54, 1.807) is 13.1 Å². The molecular weight excluding hydrogens is 676 g/mol. The Morgan fingerprint density at radius 1 is 0.941 bits per heavy atom. The average molecular weight is 718 g/mol. The molecule has 15 heteroatoms. The van der Waals surface area contributed by atoms with Crippen LogP contribution in [0.3, 0.4) is 0 Å². The van der Waals surface area contributed by atoms with Gasteiger partial charge in [-0.25, -0.2) is 0 Å². The lowest BCUT2D eigenvalue weighted by Gasteiger charge is -2.29. The zero-order valence-electron chi connectivity index (χ0n) is 28.6. The molecule has 1 unspecified atom stereocenters. The van der Waals surface area contributed by atoms with Crippen molar-refractivity contribution in [2.24, 2.45) is 18.9 Å². The number of esters is 1. The van der Waals surface area contributed by atoms with Crippen molar-refractivity contribution in [2.75, 3.05) is 18.1 Å². The van der Waals surface area contributed by atoms with Gasteiger partial charge < -0.3 is 15.0 Å². The lowest BCUT2D eigenvalue weighted by Crippen LogP contribution is -2.31. The fourth-order valence-corrected chi connectivity index (χ4v) is 6.50. The van der Waals surface area contributed by atoms with Gasteiger partial charge in [0.15, 0.2) is 0 Å². The van der Waals surface area contributed by atoms with E-state index in [0.29, 0.717) is 54.8 Å². The average Bonchev–Trinajstić information content (AvgIpc) is 3.53. The van der Waals surface area contributed by atoms with Crippen molar-refractivity contribution in [1.82, 2.24) is 30.5 Å². The zero-order chi connectivity index (χ0) is 36.8. The van der Waals surface area contributed by atoms with Crippen LogP contribution in [0.15, 0.2) is 60.8 Å². The summed E-state index contributed by atoms with van der Waals surface area (Å²) in [5, 5.41) is 15.8. The molecule has 0 radical (unpaired) electrons. The molecule has 5 rings (SSSR count). The van der Waals surface area contributed by atoms with Crippen LogP contribution >= 0.6 is 0 Å². The van der Waals surface area contributed by atoms with E-state index in [0.717, 1.165) is 36.8 Å². The summed E-state index contributed by atoms with van der Waals surface area (Å²) in [5.74, 6) is 0.563. The van der Waals surface area contributed by atoms with Gasteiger partial charge in [-0.15, -0.1) is 5.10 Å². The second-order valence-electron chi connectivity index (χ2n) is 13.0. The number of hydrogen-bond acceptors (Lipinski definition) is 8. The lowest BCUT2D eigenvalue weighted by atomic mass is 9.80. The second kappa shape index (κ2) is 16.2. The number of ether oxygens (including phenoxy) is 1. The highest BCUT2D eigenvalue weighted by Gasteiger charge is 2.37. The number of hydrogen-bond donors (Lipinski definition) is 1. The van der Waals surface area contributed by atoms with Crippen molar-refractivity contribution >= 4 is 11.9 Å². The van der Waals surface area contributed by atoms with Gasteiger partial charge in [0.2, 0.25) is 0 Å². The summed E-state index contributed by atoms with van der Waals surface area (Å²) >= 11 is 0. The Morgan fingerprint density at radius 3 is 2.18 bits per heavy atom. The minimum atomic E-state index is -4.99. The zero-order valence-corrected chi connectivity index (χ0v) is 28.6. The molecule has 0 amide bonds. The number of nitrogens with zero attached hydrogens (tertiary/aromatic N) is 6. The number of tetrazole rings is 1. The van der Waals surface area contributed by atoms with Crippen LogP contribution in [0.5, 0.6) is 0 Å². The van der Waals surface area contributed by atoms with Crippen molar-refractivity contribution in [3.63, 3.8) is 0 Å². The number of aromatic nitrogens is 5. The van der Waals surface area contributed by atoms with Gasteiger partial charge >= 0.3 is 18.3 Å². The highest BCUT2D eigenvalue weighted by molar-refractivity contribution is 5.69. The van der Waals surface area contributed by atoms with Crippen molar-refractivity contribution < 1.29 is 35.9 Å². The van der Waals surface area contributed by atoms with E-state index < -0.39 is 23.5 Å². The maximum atomic E-state index is 13.7. The predicted molar refractivity (Wildman–Crippen MR) is 178 cm³/mol. The number of carbonyl (C=O) groups is 1. The summed E-state index contributed by atoms with van der Waals surface area (Å²) in [6, 6.07) is 12.7. The fourth-order valence-electron chi connectivity index (χ4n) is 6.50. The van der Waals surface area contributed by atoms with Crippen LogP contribution in [-0.2, 0) is 42.0 Å². The van der Waals surface area contributed by atoms with Crippen LogP contribution in [-0.4, -0.2) is 44.3 Å². The molecule has 1 fully saturated rings. The van der Waals surface area contributed by atoms with Crippen molar-refractivity contribution in [1.29, 1.82) is 0 Å². The van der Waals surface area contributed by atoms with E-state index in [1.807, 2.05) is 43.3 Å². The maximum Gasteiger partial charge on any atom is 0.416 e. The molecule has 0 spiro atoms. The monoisotopic (exact) mass is 717 g/mol. The summed E-state index contributed by atoms with van der Waals surface area (Å²) in [6.07, 6.45) is -4.02. The van der Waals surface area contributed by atoms with Gasteiger partial charge in [-0.05, 0) is 104 Å². The Balaban J connectivity index is 1.42. The molecular formula is C36H41F6N7O2. The minimum absolute atomic E-state index is 0.0112. The first-order valence-electron chi connectivity index (χ1n) is 16.9.